The Hall–Kier alpha value is -1.27. The first-order valence-electron chi connectivity index (χ1n) is 6.10. The highest BCUT2D eigenvalue weighted by Crippen LogP contribution is 2.39. The van der Waals surface area contributed by atoms with E-state index in [1.165, 1.54) is 0 Å². The Kier molecular flexibility index (Phi) is 4.31. The fourth-order valence-electron chi connectivity index (χ4n) is 1.73. The first-order chi connectivity index (χ1) is 8.99. The molecule has 0 aromatic heterocycles. The van der Waals surface area contributed by atoms with Gasteiger partial charge in [-0.1, -0.05) is 13.8 Å². The third-order valence-corrected chi connectivity index (χ3v) is 3.56. The summed E-state index contributed by atoms with van der Waals surface area (Å²) in [5.74, 6) is 1.35. The molecular weight excluding hydrogens is 312 g/mol. The number of fused-ring (bicyclic) bond motifs is 1. The zero-order valence-electron chi connectivity index (χ0n) is 10.9. The standard InChI is InChI=1S/C13H17BrN2O3/c1-7(2)11(15)13(17)16-5-8-3-9(14)12-10(4-8)18-6-19-12/h3-4,7,11H,5-6,15H2,1-2H3,(H,16,17)/t11-/m0/s1. The lowest BCUT2D eigenvalue weighted by Crippen LogP contribution is -2.43. The molecule has 1 aliphatic heterocycles. The van der Waals surface area contributed by atoms with E-state index in [9.17, 15) is 4.79 Å². The van der Waals surface area contributed by atoms with Gasteiger partial charge >= 0.3 is 0 Å². The minimum absolute atomic E-state index is 0.114. The maximum Gasteiger partial charge on any atom is 0.237 e. The van der Waals surface area contributed by atoms with Crippen molar-refractivity contribution in [3.05, 3.63) is 22.2 Å². The van der Waals surface area contributed by atoms with Gasteiger partial charge in [0.1, 0.15) is 0 Å². The minimum Gasteiger partial charge on any atom is -0.454 e. The van der Waals surface area contributed by atoms with Crippen molar-refractivity contribution in [2.24, 2.45) is 11.7 Å². The van der Waals surface area contributed by atoms with E-state index in [1.807, 2.05) is 26.0 Å². The molecule has 3 N–H and O–H groups in total. The van der Waals surface area contributed by atoms with Gasteiger partial charge < -0.3 is 20.5 Å². The number of rotatable bonds is 4. The van der Waals surface area contributed by atoms with E-state index in [2.05, 4.69) is 21.2 Å². The molecule has 0 aliphatic carbocycles. The number of amides is 1. The van der Waals surface area contributed by atoms with Crippen molar-refractivity contribution < 1.29 is 14.3 Å². The Balaban J connectivity index is 2.01. The number of carbonyl (C=O) groups is 1. The van der Waals surface area contributed by atoms with E-state index in [0.29, 0.717) is 18.0 Å². The molecule has 0 saturated carbocycles. The van der Waals surface area contributed by atoms with E-state index in [1.54, 1.807) is 0 Å². The van der Waals surface area contributed by atoms with Gasteiger partial charge in [0.25, 0.3) is 0 Å². The average molecular weight is 329 g/mol. The topological polar surface area (TPSA) is 73.6 Å². The SMILES string of the molecule is CC(C)[C@H](N)C(=O)NCc1cc(Br)c2c(c1)OCO2. The Bertz CT molecular complexity index is 491. The van der Waals surface area contributed by atoms with E-state index in [0.717, 1.165) is 10.0 Å². The van der Waals surface area contributed by atoms with Gasteiger partial charge in [-0.15, -0.1) is 0 Å². The molecule has 1 aromatic carbocycles. The summed E-state index contributed by atoms with van der Waals surface area (Å²) in [5.41, 5.74) is 6.71. The monoisotopic (exact) mass is 328 g/mol. The molecule has 1 amide bonds. The molecule has 0 unspecified atom stereocenters. The molecule has 0 spiro atoms. The van der Waals surface area contributed by atoms with Crippen LogP contribution in [-0.2, 0) is 11.3 Å². The third-order valence-electron chi connectivity index (χ3n) is 2.97. The number of nitrogens with two attached hydrogens (primary N) is 1. The molecule has 5 nitrogen and oxygen atoms in total. The smallest absolute Gasteiger partial charge is 0.237 e. The van der Waals surface area contributed by atoms with Gasteiger partial charge in [-0.3, -0.25) is 4.79 Å². The summed E-state index contributed by atoms with van der Waals surface area (Å²) in [6, 6.07) is 3.26. The molecule has 6 heteroatoms. The fourth-order valence-corrected chi connectivity index (χ4v) is 2.34. The van der Waals surface area contributed by atoms with Gasteiger partial charge in [-0.05, 0) is 39.5 Å². The van der Waals surface area contributed by atoms with Gasteiger partial charge in [0.05, 0.1) is 10.5 Å². The highest BCUT2D eigenvalue weighted by Gasteiger charge is 2.19. The highest BCUT2D eigenvalue weighted by molar-refractivity contribution is 9.10. The van der Waals surface area contributed by atoms with E-state index in [4.69, 9.17) is 15.2 Å². The zero-order valence-corrected chi connectivity index (χ0v) is 12.5. The highest BCUT2D eigenvalue weighted by atomic mass is 79.9. The summed E-state index contributed by atoms with van der Waals surface area (Å²) in [6.07, 6.45) is 0. The van der Waals surface area contributed by atoms with Crippen LogP contribution in [-0.4, -0.2) is 18.7 Å². The molecule has 1 heterocycles. The van der Waals surface area contributed by atoms with E-state index in [-0.39, 0.29) is 18.6 Å². The number of nitrogens with one attached hydrogen (secondary N) is 1. The number of benzene rings is 1. The van der Waals surface area contributed by atoms with Crippen molar-refractivity contribution >= 4 is 21.8 Å². The van der Waals surface area contributed by atoms with Crippen LogP contribution < -0.4 is 20.5 Å². The van der Waals surface area contributed by atoms with Crippen LogP contribution in [0.3, 0.4) is 0 Å². The van der Waals surface area contributed by atoms with Crippen LogP contribution in [0.15, 0.2) is 16.6 Å². The molecular formula is C13H17BrN2O3. The molecule has 0 bridgehead atoms. The quantitative estimate of drug-likeness (QED) is 0.883. The van der Waals surface area contributed by atoms with Gasteiger partial charge in [0, 0.05) is 6.54 Å². The van der Waals surface area contributed by atoms with Crippen LogP contribution in [0.4, 0.5) is 0 Å². The maximum atomic E-state index is 11.8. The number of hydrogen-bond acceptors (Lipinski definition) is 4. The lowest BCUT2D eigenvalue weighted by Gasteiger charge is -2.15. The normalized spacial score (nSPS) is 14.6. The van der Waals surface area contributed by atoms with Crippen molar-refractivity contribution in [1.29, 1.82) is 0 Å². The van der Waals surface area contributed by atoms with E-state index < -0.39 is 6.04 Å². The Morgan fingerprint density at radius 2 is 2.21 bits per heavy atom. The summed E-state index contributed by atoms with van der Waals surface area (Å²) >= 11 is 3.41. The number of carbonyl (C=O) groups excluding carboxylic acids is 1. The molecule has 1 aliphatic rings. The van der Waals surface area contributed by atoms with Crippen molar-refractivity contribution in [3.63, 3.8) is 0 Å². The lowest BCUT2D eigenvalue weighted by molar-refractivity contribution is -0.123. The van der Waals surface area contributed by atoms with Crippen molar-refractivity contribution in [2.75, 3.05) is 6.79 Å². The lowest BCUT2D eigenvalue weighted by atomic mass is 10.0. The summed E-state index contributed by atoms with van der Waals surface area (Å²) in [6.45, 7) is 4.47. The summed E-state index contributed by atoms with van der Waals surface area (Å²) < 4.78 is 11.4. The maximum absolute atomic E-state index is 11.8. The number of halogens is 1. The Morgan fingerprint density at radius 1 is 1.47 bits per heavy atom. The van der Waals surface area contributed by atoms with Gasteiger partial charge in [0.15, 0.2) is 11.5 Å². The molecule has 0 radical (unpaired) electrons. The second-order valence-corrected chi connectivity index (χ2v) is 5.65. The first kappa shape index (κ1) is 14.1. The molecule has 0 fully saturated rings. The van der Waals surface area contributed by atoms with Crippen LogP contribution in [0.25, 0.3) is 0 Å². The molecule has 1 aromatic rings. The summed E-state index contributed by atoms with van der Waals surface area (Å²) in [4.78, 5) is 11.8. The first-order valence-corrected chi connectivity index (χ1v) is 6.89. The predicted octanol–water partition coefficient (Wildman–Crippen LogP) is 1.78. The average Bonchev–Trinajstić information content (AvgIpc) is 2.83. The second-order valence-electron chi connectivity index (χ2n) is 4.80. The van der Waals surface area contributed by atoms with Gasteiger partial charge in [-0.2, -0.15) is 0 Å². The number of hydrogen-bond donors (Lipinski definition) is 2. The zero-order chi connectivity index (χ0) is 14.0. The largest absolute Gasteiger partial charge is 0.454 e. The van der Waals surface area contributed by atoms with Crippen LogP contribution in [0, 0.1) is 5.92 Å². The molecule has 1 atom stereocenters. The fraction of sp³-hybridized carbons (Fsp3) is 0.462. The summed E-state index contributed by atoms with van der Waals surface area (Å²) in [5, 5.41) is 2.82. The van der Waals surface area contributed by atoms with Crippen LogP contribution in [0.2, 0.25) is 0 Å². The van der Waals surface area contributed by atoms with Crippen molar-refractivity contribution in [3.8, 4) is 11.5 Å². The molecule has 19 heavy (non-hydrogen) atoms. The third kappa shape index (κ3) is 3.19. The van der Waals surface area contributed by atoms with Gasteiger partial charge in [-0.25, -0.2) is 0 Å². The van der Waals surface area contributed by atoms with Crippen LogP contribution >= 0.6 is 15.9 Å². The summed E-state index contributed by atoms with van der Waals surface area (Å²) in [7, 11) is 0. The minimum atomic E-state index is -0.488. The molecule has 104 valence electrons. The number of ether oxygens (including phenoxy) is 2. The van der Waals surface area contributed by atoms with E-state index >= 15 is 0 Å². The molecule has 0 saturated heterocycles. The molecule has 2 rings (SSSR count). The van der Waals surface area contributed by atoms with Crippen LogP contribution in [0.5, 0.6) is 11.5 Å². The predicted molar refractivity (Wildman–Crippen MR) is 74.9 cm³/mol. The second kappa shape index (κ2) is 5.79. The van der Waals surface area contributed by atoms with Crippen molar-refractivity contribution in [1.82, 2.24) is 5.32 Å². The Morgan fingerprint density at radius 3 is 2.89 bits per heavy atom. The Labute approximate surface area is 120 Å². The van der Waals surface area contributed by atoms with Gasteiger partial charge in [0.2, 0.25) is 12.7 Å². The van der Waals surface area contributed by atoms with Crippen molar-refractivity contribution in [2.45, 2.75) is 26.4 Å². The van der Waals surface area contributed by atoms with Crippen LogP contribution in [0.1, 0.15) is 19.4 Å².